The average molecular weight is 251 g/mol. The first-order valence-electron chi connectivity index (χ1n) is 7.08. The summed E-state index contributed by atoms with van der Waals surface area (Å²) in [4.78, 5) is 0. The van der Waals surface area contributed by atoms with E-state index in [4.69, 9.17) is 4.74 Å². The monoisotopic (exact) mass is 251 g/mol. The summed E-state index contributed by atoms with van der Waals surface area (Å²) in [7, 11) is 0. The van der Waals surface area contributed by atoms with Crippen molar-refractivity contribution in [2.75, 3.05) is 6.61 Å². The fourth-order valence-electron chi connectivity index (χ4n) is 1.87. The second-order valence-electron chi connectivity index (χ2n) is 4.42. The van der Waals surface area contributed by atoms with Gasteiger partial charge in [0.05, 0.1) is 12.8 Å². The van der Waals surface area contributed by atoms with Gasteiger partial charge in [-0.05, 0) is 25.8 Å². The molecule has 0 saturated carbocycles. The fraction of sp³-hybridized carbons (Fsp3) is 0.714. The molecule has 18 heavy (non-hydrogen) atoms. The molecule has 0 unspecified atom stereocenters. The third kappa shape index (κ3) is 5.84. The third-order valence-electron chi connectivity index (χ3n) is 2.86. The summed E-state index contributed by atoms with van der Waals surface area (Å²) in [6.45, 7) is 4.89. The number of unbranched alkanes of at least 4 members (excludes halogenated alkanes) is 6. The van der Waals surface area contributed by atoms with Crippen molar-refractivity contribution < 1.29 is 4.74 Å². The molecule has 0 aliphatic rings. The third-order valence-corrected chi connectivity index (χ3v) is 2.86. The Morgan fingerprint density at radius 1 is 1.22 bits per heavy atom. The minimum atomic E-state index is 0.662. The van der Waals surface area contributed by atoms with E-state index < -0.39 is 0 Å². The fourth-order valence-corrected chi connectivity index (χ4v) is 1.87. The molecule has 1 rings (SSSR count). The number of aromatic amines is 1. The number of hydrogen-bond acceptors (Lipinski definition) is 3. The molecule has 1 N–H and O–H groups in total. The molecular weight excluding hydrogens is 226 g/mol. The van der Waals surface area contributed by atoms with Gasteiger partial charge in [-0.15, -0.1) is 5.10 Å². The SMILES string of the molecule is CCCCCCCCC=C(OCC)c1c[nH]nn1. The van der Waals surface area contributed by atoms with Crippen molar-refractivity contribution in [3.63, 3.8) is 0 Å². The van der Waals surface area contributed by atoms with Gasteiger partial charge in [0, 0.05) is 0 Å². The number of nitrogens with zero attached hydrogens (tertiary/aromatic N) is 2. The molecule has 0 radical (unpaired) electrons. The van der Waals surface area contributed by atoms with Crippen LogP contribution in [0.2, 0.25) is 0 Å². The maximum absolute atomic E-state index is 5.57. The molecule has 0 aliphatic carbocycles. The molecule has 4 nitrogen and oxygen atoms in total. The lowest BCUT2D eigenvalue weighted by Crippen LogP contribution is -1.92. The molecule has 0 amide bonds. The molecule has 1 heterocycles. The second kappa shape index (κ2) is 9.68. The van der Waals surface area contributed by atoms with Crippen LogP contribution in [0.1, 0.15) is 64.5 Å². The van der Waals surface area contributed by atoms with Crippen molar-refractivity contribution >= 4 is 5.76 Å². The number of aromatic nitrogens is 3. The zero-order valence-corrected chi connectivity index (χ0v) is 11.6. The van der Waals surface area contributed by atoms with Crippen LogP contribution in [0, 0.1) is 0 Å². The quantitative estimate of drug-likeness (QED) is 0.506. The van der Waals surface area contributed by atoms with E-state index in [-0.39, 0.29) is 0 Å². The van der Waals surface area contributed by atoms with Gasteiger partial charge in [-0.1, -0.05) is 44.2 Å². The van der Waals surface area contributed by atoms with Gasteiger partial charge in [0.25, 0.3) is 0 Å². The van der Waals surface area contributed by atoms with Crippen molar-refractivity contribution in [1.82, 2.24) is 15.4 Å². The van der Waals surface area contributed by atoms with Gasteiger partial charge in [0.1, 0.15) is 11.5 Å². The molecule has 0 aliphatic heterocycles. The second-order valence-corrected chi connectivity index (χ2v) is 4.42. The Bertz CT molecular complexity index is 320. The number of ether oxygens (including phenoxy) is 1. The molecule has 102 valence electrons. The van der Waals surface area contributed by atoms with E-state index in [0.717, 1.165) is 17.9 Å². The summed E-state index contributed by atoms with van der Waals surface area (Å²) in [6.07, 6.45) is 12.8. The Morgan fingerprint density at radius 2 is 2.00 bits per heavy atom. The predicted octanol–water partition coefficient (Wildman–Crippen LogP) is 3.93. The van der Waals surface area contributed by atoms with E-state index in [9.17, 15) is 0 Å². The van der Waals surface area contributed by atoms with Gasteiger partial charge in [-0.25, -0.2) is 0 Å². The molecular formula is C14H25N3O. The van der Waals surface area contributed by atoms with Crippen LogP contribution in [-0.2, 0) is 4.74 Å². The Balaban J connectivity index is 2.24. The molecule has 0 aromatic carbocycles. The van der Waals surface area contributed by atoms with Crippen molar-refractivity contribution in [2.45, 2.75) is 58.8 Å². The van der Waals surface area contributed by atoms with Crippen LogP contribution in [0.3, 0.4) is 0 Å². The number of H-pyrrole nitrogens is 1. The molecule has 0 bridgehead atoms. The summed E-state index contributed by atoms with van der Waals surface area (Å²) in [6, 6.07) is 0. The van der Waals surface area contributed by atoms with Gasteiger partial charge in [-0.3, -0.25) is 5.10 Å². The van der Waals surface area contributed by atoms with E-state index in [1.54, 1.807) is 6.20 Å². The van der Waals surface area contributed by atoms with Crippen LogP contribution in [0.15, 0.2) is 12.3 Å². The number of rotatable bonds is 10. The van der Waals surface area contributed by atoms with Crippen LogP contribution in [0.4, 0.5) is 0 Å². The Hall–Kier alpha value is -1.32. The maximum Gasteiger partial charge on any atom is 0.147 e. The Kier molecular flexibility index (Phi) is 7.93. The molecule has 4 heteroatoms. The Labute approximate surface area is 110 Å². The minimum Gasteiger partial charge on any atom is -0.492 e. The van der Waals surface area contributed by atoms with Crippen molar-refractivity contribution in [3.05, 3.63) is 18.0 Å². The summed E-state index contributed by atoms with van der Waals surface area (Å²) in [5, 5.41) is 10.4. The molecule has 0 fully saturated rings. The van der Waals surface area contributed by atoms with E-state index in [1.807, 2.05) is 6.92 Å². The highest BCUT2D eigenvalue weighted by molar-refractivity contribution is 5.54. The average Bonchev–Trinajstić information content (AvgIpc) is 2.90. The molecule has 0 saturated heterocycles. The largest absolute Gasteiger partial charge is 0.492 e. The lowest BCUT2D eigenvalue weighted by atomic mass is 10.1. The smallest absolute Gasteiger partial charge is 0.147 e. The zero-order chi connectivity index (χ0) is 13.1. The van der Waals surface area contributed by atoms with Gasteiger partial charge in [-0.2, -0.15) is 0 Å². The van der Waals surface area contributed by atoms with E-state index >= 15 is 0 Å². The standard InChI is InChI=1S/C14H25N3O/c1-3-5-6-7-8-9-10-11-14(18-4-2)13-12-15-17-16-13/h11-12H,3-10H2,1-2H3,(H,15,16,17). The summed E-state index contributed by atoms with van der Waals surface area (Å²) < 4.78 is 5.57. The maximum atomic E-state index is 5.57. The molecule has 1 aromatic heterocycles. The van der Waals surface area contributed by atoms with Gasteiger partial charge in [0.15, 0.2) is 0 Å². The summed E-state index contributed by atoms with van der Waals surface area (Å²) >= 11 is 0. The zero-order valence-electron chi connectivity index (χ0n) is 11.6. The number of hydrogen-bond donors (Lipinski definition) is 1. The van der Waals surface area contributed by atoms with Crippen molar-refractivity contribution in [2.24, 2.45) is 0 Å². The Morgan fingerprint density at radius 3 is 2.67 bits per heavy atom. The summed E-state index contributed by atoms with van der Waals surface area (Å²) in [5.74, 6) is 0.847. The molecule has 0 spiro atoms. The van der Waals surface area contributed by atoms with Crippen molar-refractivity contribution in [1.29, 1.82) is 0 Å². The highest BCUT2D eigenvalue weighted by Gasteiger charge is 2.04. The number of nitrogens with one attached hydrogen (secondary N) is 1. The van der Waals surface area contributed by atoms with Crippen LogP contribution in [-0.4, -0.2) is 22.0 Å². The highest BCUT2D eigenvalue weighted by Crippen LogP contribution is 2.15. The van der Waals surface area contributed by atoms with Crippen LogP contribution in [0.5, 0.6) is 0 Å². The van der Waals surface area contributed by atoms with E-state index in [1.165, 1.54) is 38.5 Å². The predicted molar refractivity (Wildman–Crippen MR) is 74.0 cm³/mol. The lowest BCUT2D eigenvalue weighted by Gasteiger charge is -2.05. The first-order valence-corrected chi connectivity index (χ1v) is 7.08. The summed E-state index contributed by atoms with van der Waals surface area (Å²) in [5.41, 5.74) is 0.794. The van der Waals surface area contributed by atoms with E-state index in [2.05, 4.69) is 28.4 Å². The molecule has 0 atom stereocenters. The highest BCUT2D eigenvalue weighted by atomic mass is 16.5. The van der Waals surface area contributed by atoms with Gasteiger partial charge >= 0.3 is 0 Å². The lowest BCUT2D eigenvalue weighted by molar-refractivity contribution is 0.295. The topological polar surface area (TPSA) is 50.8 Å². The first-order chi connectivity index (χ1) is 8.88. The van der Waals surface area contributed by atoms with Gasteiger partial charge in [0.2, 0.25) is 0 Å². The minimum absolute atomic E-state index is 0.662. The van der Waals surface area contributed by atoms with E-state index in [0.29, 0.717) is 6.61 Å². The van der Waals surface area contributed by atoms with Crippen LogP contribution in [0.25, 0.3) is 5.76 Å². The van der Waals surface area contributed by atoms with Crippen LogP contribution < -0.4 is 0 Å². The van der Waals surface area contributed by atoms with Crippen molar-refractivity contribution in [3.8, 4) is 0 Å². The van der Waals surface area contributed by atoms with Gasteiger partial charge < -0.3 is 4.74 Å². The normalized spacial score (nSPS) is 11.8. The molecule has 1 aromatic rings. The number of allylic oxidation sites excluding steroid dienone is 1. The van der Waals surface area contributed by atoms with Crippen LogP contribution >= 0.6 is 0 Å². The first kappa shape index (κ1) is 14.7.